The molecule has 2 rings (SSSR count). The summed E-state index contributed by atoms with van der Waals surface area (Å²) in [6.07, 6.45) is 4.49. The van der Waals surface area contributed by atoms with Crippen molar-refractivity contribution in [2.45, 2.75) is 70.4 Å². The summed E-state index contributed by atoms with van der Waals surface area (Å²) < 4.78 is 5.29. The predicted molar refractivity (Wildman–Crippen MR) is 74.4 cm³/mol. The summed E-state index contributed by atoms with van der Waals surface area (Å²) in [6, 6.07) is 0. The number of rotatable bonds is 3. The molecule has 2 bridgehead atoms. The minimum atomic E-state index is -0.859. The van der Waals surface area contributed by atoms with Crippen molar-refractivity contribution in [3.05, 3.63) is 0 Å². The van der Waals surface area contributed by atoms with E-state index in [2.05, 4.69) is 5.32 Å². The molecule has 1 amide bonds. The average molecular weight is 283 g/mol. The van der Waals surface area contributed by atoms with Gasteiger partial charge in [-0.3, -0.25) is 4.79 Å². The molecule has 0 heterocycles. The van der Waals surface area contributed by atoms with E-state index >= 15 is 0 Å². The van der Waals surface area contributed by atoms with E-state index in [1.54, 1.807) is 20.8 Å². The molecular weight excluding hydrogens is 258 g/mol. The van der Waals surface area contributed by atoms with Gasteiger partial charge >= 0.3 is 12.1 Å². The first-order valence-corrected chi connectivity index (χ1v) is 7.40. The van der Waals surface area contributed by atoms with Crippen LogP contribution in [0.15, 0.2) is 0 Å². The van der Waals surface area contributed by atoms with Crippen molar-refractivity contribution in [2.75, 3.05) is 0 Å². The standard InChI is InChI=1S/C15H25NO4/c1-14(2,3)20-13(19)16-15(9-12(17)18)7-10-4-5-11(6-10)8-15/h10-11H,4-9H2,1-3H3,(H,16,19)(H,17,18). The van der Waals surface area contributed by atoms with Crippen LogP contribution in [0.3, 0.4) is 0 Å². The number of carboxylic acids is 1. The molecule has 0 radical (unpaired) electrons. The van der Waals surface area contributed by atoms with Crippen molar-refractivity contribution in [3.8, 4) is 0 Å². The molecule has 0 saturated heterocycles. The number of hydrogen-bond acceptors (Lipinski definition) is 3. The maximum absolute atomic E-state index is 12.0. The van der Waals surface area contributed by atoms with Gasteiger partial charge in [-0.2, -0.15) is 0 Å². The Morgan fingerprint density at radius 3 is 2.25 bits per heavy atom. The minimum Gasteiger partial charge on any atom is -0.481 e. The molecule has 20 heavy (non-hydrogen) atoms. The quantitative estimate of drug-likeness (QED) is 0.835. The lowest BCUT2D eigenvalue weighted by Gasteiger charge is -2.40. The largest absolute Gasteiger partial charge is 0.481 e. The Bertz CT molecular complexity index is 387. The van der Waals surface area contributed by atoms with E-state index < -0.39 is 23.2 Å². The smallest absolute Gasteiger partial charge is 0.408 e. The van der Waals surface area contributed by atoms with E-state index in [9.17, 15) is 14.7 Å². The molecule has 2 saturated carbocycles. The molecule has 5 nitrogen and oxygen atoms in total. The zero-order valence-corrected chi connectivity index (χ0v) is 12.6. The molecule has 0 aromatic rings. The number of fused-ring (bicyclic) bond motifs is 2. The van der Waals surface area contributed by atoms with E-state index in [0.29, 0.717) is 11.8 Å². The number of amides is 1. The number of nitrogens with one attached hydrogen (secondary N) is 1. The van der Waals surface area contributed by atoms with Crippen molar-refractivity contribution < 1.29 is 19.4 Å². The first kappa shape index (κ1) is 15.1. The maximum Gasteiger partial charge on any atom is 0.408 e. The third-order valence-electron chi connectivity index (χ3n) is 4.26. The van der Waals surface area contributed by atoms with Crippen LogP contribution in [0.25, 0.3) is 0 Å². The van der Waals surface area contributed by atoms with Crippen molar-refractivity contribution >= 4 is 12.1 Å². The first-order valence-electron chi connectivity index (χ1n) is 7.40. The molecular formula is C15H25NO4. The Balaban J connectivity index is 2.08. The van der Waals surface area contributed by atoms with E-state index in [-0.39, 0.29) is 6.42 Å². The number of carbonyl (C=O) groups is 2. The molecule has 2 aliphatic carbocycles. The van der Waals surface area contributed by atoms with E-state index in [0.717, 1.165) is 25.7 Å². The molecule has 0 aliphatic heterocycles. The highest BCUT2D eigenvalue weighted by Crippen LogP contribution is 2.47. The highest BCUT2D eigenvalue weighted by atomic mass is 16.6. The monoisotopic (exact) mass is 283 g/mol. The van der Waals surface area contributed by atoms with E-state index in [1.165, 1.54) is 6.42 Å². The molecule has 2 aliphatic rings. The summed E-state index contributed by atoms with van der Waals surface area (Å²) in [6.45, 7) is 5.42. The van der Waals surface area contributed by atoms with Gasteiger partial charge in [-0.1, -0.05) is 12.8 Å². The molecule has 2 fully saturated rings. The van der Waals surface area contributed by atoms with Crippen molar-refractivity contribution in [1.82, 2.24) is 5.32 Å². The number of aliphatic carboxylic acids is 1. The molecule has 0 aromatic carbocycles. The van der Waals surface area contributed by atoms with E-state index in [4.69, 9.17) is 4.74 Å². The van der Waals surface area contributed by atoms with Crippen LogP contribution in [-0.2, 0) is 9.53 Å². The van der Waals surface area contributed by atoms with Crippen molar-refractivity contribution in [2.24, 2.45) is 11.8 Å². The average Bonchev–Trinajstić information content (AvgIpc) is 2.53. The topological polar surface area (TPSA) is 75.6 Å². The van der Waals surface area contributed by atoms with Crippen LogP contribution in [-0.4, -0.2) is 28.3 Å². The highest BCUT2D eigenvalue weighted by Gasteiger charge is 2.46. The summed E-state index contributed by atoms with van der Waals surface area (Å²) in [5.41, 5.74) is -1.19. The van der Waals surface area contributed by atoms with Gasteiger partial charge in [0.15, 0.2) is 0 Å². The summed E-state index contributed by atoms with van der Waals surface area (Å²) in [5, 5.41) is 12.1. The minimum absolute atomic E-state index is 0.0146. The fourth-order valence-electron chi connectivity index (χ4n) is 3.84. The number of carboxylic acid groups (broad SMARTS) is 1. The molecule has 2 atom stereocenters. The number of hydrogen-bond donors (Lipinski definition) is 2. The van der Waals surface area contributed by atoms with Gasteiger partial charge in [0.2, 0.25) is 0 Å². The maximum atomic E-state index is 12.0. The fraction of sp³-hybridized carbons (Fsp3) is 0.867. The third kappa shape index (κ3) is 3.87. The second-order valence-corrected chi connectivity index (χ2v) is 7.43. The highest BCUT2D eigenvalue weighted by molar-refractivity contribution is 5.73. The predicted octanol–water partition coefficient (Wildman–Crippen LogP) is 2.93. The van der Waals surface area contributed by atoms with Crippen LogP contribution >= 0.6 is 0 Å². The molecule has 2 unspecified atom stereocenters. The fourth-order valence-corrected chi connectivity index (χ4v) is 3.84. The SMILES string of the molecule is CC(C)(C)OC(=O)NC1(CC(=O)O)CC2CCC(C2)C1. The Labute approximate surface area is 120 Å². The van der Waals surface area contributed by atoms with Gasteiger partial charge in [-0.25, -0.2) is 4.79 Å². The normalized spacial score (nSPS) is 32.8. The van der Waals surface area contributed by atoms with Crippen LogP contribution in [0.4, 0.5) is 4.79 Å². The first-order chi connectivity index (χ1) is 9.17. The Morgan fingerprint density at radius 1 is 1.25 bits per heavy atom. The van der Waals surface area contributed by atoms with Gasteiger partial charge in [0.1, 0.15) is 5.60 Å². The van der Waals surface area contributed by atoms with Crippen LogP contribution in [0, 0.1) is 11.8 Å². The second kappa shape index (κ2) is 5.26. The summed E-state index contributed by atoms with van der Waals surface area (Å²) in [4.78, 5) is 23.2. The summed E-state index contributed by atoms with van der Waals surface area (Å²) in [5.74, 6) is 0.230. The van der Waals surface area contributed by atoms with Crippen LogP contribution < -0.4 is 5.32 Å². The second-order valence-electron chi connectivity index (χ2n) is 7.43. The van der Waals surface area contributed by atoms with Gasteiger partial charge in [-0.15, -0.1) is 0 Å². The molecule has 0 aromatic heterocycles. The zero-order chi connectivity index (χ0) is 15.0. The third-order valence-corrected chi connectivity index (χ3v) is 4.26. The molecule has 0 spiro atoms. The van der Waals surface area contributed by atoms with Gasteiger partial charge in [0.25, 0.3) is 0 Å². The molecule has 5 heteroatoms. The lowest BCUT2D eigenvalue weighted by molar-refractivity contribution is -0.139. The van der Waals surface area contributed by atoms with Gasteiger partial charge < -0.3 is 15.2 Å². The van der Waals surface area contributed by atoms with Crippen LogP contribution in [0.2, 0.25) is 0 Å². The summed E-state index contributed by atoms with van der Waals surface area (Å²) in [7, 11) is 0. The van der Waals surface area contributed by atoms with Crippen LogP contribution in [0.5, 0.6) is 0 Å². The number of carbonyl (C=O) groups excluding carboxylic acids is 1. The number of ether oxygens (including phenoxy) is 1. The molecule has 114 valence electrons. The zero-order valence-electron chi connectivity index (χ0n) is 12.6. The van der Waals surface area contributed by atoms with Crippen LogP contribution in [0.1, 0.15) is 59.3 Å². The Kier molecular flexibility index (Phi) is 3.98. The van der Waals surface area contributed by atoms with Gasteiger partial charge in [0, 0.05) is 0 Å². The van der Waals surface area contributed by atoms with Crippen molar-refractivity contribution in [1.29, 1.82) is 0 Å². The lowest BCUT2D eigenvalue weighted by Crippen LogP contribution is -2.54. The van der Waals surface area contributed by atoms with Crippen molar-refractivity contribution in [3.63, 3.8) is 0 Å². The van der Waals surface area contributed by atoms with Gasteiger partial charge in [0.05, 0.1) is 12.0 Å². The summed E-state index contributed by atoms with van der Waals surface area (Å²) >= 11 is 0. The molecule has 2 N–H and O–H groups in total. The van der Waals surface area contributed by atoms with Gasteiger partial charge in [-0.05, 0) is 51.9 Å². The Hall–Kier alpha value is -1.26. The Morgan fingerprint density at radius 2 is 1.80 bits per heavy atom. The number of alkyl carbamates (subject to hydrolysis) is 1. The lowest BCUT2D eigenvalue weighted by atomic mass is 9.73. The van der Waals surface area contributed by atoms with E-state index in [1.807, 2.05) is 0 Å².